The van der Waals surface area contributed by atoms with Gasteiger partial charge in [-0.25, -0.2) is 0 Å². The van der Waals surface area contributed by atoms with Gasteiger partial charge in [-0.2, -0.15) is 0 Å². The third-order valence-corrected chi connectivity index (χ3v) is 10.4. The number of nitrogens with zero attached hydrogens (tertiary/aromatic N) is 2. The van der Waals surface area contributed by atoms with Gasteiger partial charge in [-0.15, -0.1) is 0 Å². The molecule has 25 nitrogen and oxygen atoms in total. The molecular formula is C36H63N3O22. The van der Waals surface area contributed by atoms with Crippen molar-refractivity contribution < 1.29 is 109 Å². The lowest BCUT2D eigenvalue weighted by Crippen LogP contribution is -2.59. The van der Waals surface area contributed by atoms with Crippen molar-refractivity contribution in [3.8, 4) is 0 Å². The van der Waals surface area contributed by atoms with Crippen molar-refractivity contribution in [2.45, 2.75) is 131 Å². The summed E-state index contributed by atoms with van der Waals surface area (Å²) in [5.74, 6) is -2.20. The highest BCUT2D eigenvalue weighted by atomic mass is 16.7. The first-order valence-corrected chi connectivity index (χ1v) is 20.1. The van der Waals surface area contributed by atoms with Gasteiger partial charge in [0.2, 0.25) is 17.7 Å². The summed E-state index contributed by atoms with van der Waals surface area (Å²) in [6.45, 7) is -3.82. The normalized spacial score (nSPS) is 34.1. The molecule has 0 spiro atoms. The largest absolute Gasteiger partial charge is 0.394 e. The molecule has 3 aliphatic heterocycles. The predicted molar refractivity (Wildman–Crippen MR) is 199 cm³/mol. The summed E-state index contributed by atoms with van der Waals surface area (Å²) in [6.07, 6.45) is -22.8. The van der Waals surface area contributed by atoms with E-state index in [0.29, 0.717) is 12.8 Å². The molecule has 25 heteroatoms. The van der Waals surface area contributed by atoms with E-state index in [4.69, 9.17) is 28.4 Å². The second-order valence-corrected chi connectivity index (χ2v) is 14.8. The van der Waals surface area contributed by atoms with E-state index in [-0.39, 0.29) is 51.3 Å². The molecular weight excluding hydrogens is 826 g/mol. The van der Waals surface area contributed by atoms with E-state index in [1.165, 1.54) is 0 Å². The van der Waals surface area contributed by atoms with Gasteiger partial charge in [-0.3, -0.25) is 19.2 Å². The average molecular weight is 890 g/mol. The van der Waals surface area contributed by atoms with Crippen LogP contribution >= 0.6 is 0 Å². The number of ketones is 1. The molecule has 3 heterocycles. The topological polar surface area (TPSA) is 385 Å². The van der Waals surface area contributed by atoms with Crippen LogP contribution in [0.3, 0.4) is 0 Å². The van der Waals surface area contributed by atoms with Crippen LogP contribution in [0.15, 0.2) is 0 Å². The highest BCUT2D eigenvalue weighted by Crippen LogP contribution is 2.24. The minimum Gasteiger partial charge on any atom is -0.394 e. The maximum absolute atomic E-state index is 13.9. The standard InChI is InChI=1S/C36H63N3O22/c1-2-18(43)5-3-4-6-23(45)39(13-22(44)37-7-10-56-34-31(53)28(50)25(47)19(15-40)59-34)14-24(46)38(8-11-57-35-32(54)29(51)26(48)20(16-41)60-35)9-12-58-36-33(55)30(52)27(49)21(17-42)61-36/h19-21,25-36,40-42,47-55H,2-17H2,1H3,(H,37,44)/t19-,20-,21-,25-,26-,27-,28+,29+,30+,31+,32+,33+,34+,35?,36?/m1/s1. The van der Waals surface area contributed by atoms with E-state index in [9.17, 15) is 80.5 Å². The van der Waals surface area contributed by atoms with Crippen LogP contribution in [0, 0.1) is 0 Å². The fraction of sp³-hybridized carbons (Fsp3) is 0.889. The number of carbonyl (C=O) groups excluding carboxylic acids is 4. The van der Waals surface area contributed by atoms with Gasteiger partial charge in [0.1, 0.15) is 92.1 Å². The van der Waals surface area contributed by atoms with Gasteiger partial charge in [0.15, 0.2) is 18.9 Å². The molecule has 0 aromatic heterocycles. The van der Waals surface area contributed by atoms with Crippen molar-refractivity contribution in [3.63, 3.8) is 0 Å². The number of Topliss-reactive ketones (excluding diaryl/α,β-unsaturated/α-hetero) is 1. The van der Waals surface area contributed by atoms with Gasteiger partial charge in [0.05, 0.1) is 39.6 Å². The zero-order chi connectivity index (χ0) is 45.4. The third kappa shape index (κ3) is 15.3. The van der Waals surface area contributed by atoms with Gasteiger partial charge >= 0.3 is 0 Å². The Morgan fingerprint density at radius 1 is 0.525 bits per heavy atom. The summed E-state index contributed by atoms with van der Waals surface area (Å²) in [6, 6.07) is 0. The number of aliphatic hydroxyl groups excluding tert-OH is 12. The number of hydrogen-bond acceptors (Lipinski definition) is 22. The smallest absolute Gasteiger partial charge is 0.242 e. The maximum Gasteiger partial charge on any atom is 0.242 e. The molecule has 0 bridgehead atoms. The Kier molecular flexibility index (Phi) is 22.7. The molecule has 0 aromatic carbocycles. The van der Waals surface area contributed by atoms with Gasteiger partial charge in [-0.1, -0.05) is 6.92 Å². The van der Waals surface area contributed by atoms with Crippen LogP contribution in [0.2, 0.25) is 0 Å². The lowest BCUT2D eigenvalue weighted by molar-refractivity contribution is -0.303. The summed E-state index contributed by atoms with van der Waals surface area (Å²) in [4.78, 5) is 54.3. The highest BCUT2D eigenvalue weighted by Gasteiger charge is 2.46. The van der Waals surface area contributed by atoms with E-state index < -0.39 is 156 Å². The summed E-state index contributed by atoms with van der Waals surface area (Å²) < 4.78 is 32.4. The van der Waals surface area contributed by atoms with E-state index in [1.807, 2.05) is 0 Å². The monoisotopic (exact) mass is 889 g/mol. The van der Waals surface area contributed by atoms with Gasteiger partial charge in [-0.05, 0) is 12.8 Å². The van der Waals surface area contributed by atoms with Gasteiger partial charge in [0.25, 0.3) is 0 Å². The lowest BCUT2D eigenvalue weighted by atomic mass is 9.99. The quantitative estimate of drug-likeness (QED) is 0.0379. The average Bonchev–Trinajstić information content (AvgIpc) is 3.25. The number of carbonyl (C=O) groups is 4. The molecule has 3 aliphatic rings. The predicted octanol–water partition coefficient (Wildman–Crippen LogP) is -8.25. The Bertz CT molecular complexity index is 1310. The minimum absolute atomic E-state index is 0.0164. The second-order valence-electron chi connectivity index (χ2n) is 14.8. The van der Waals surface area contributed by atoms with Crippen LogP contribution in [0.5, 0.6) is 0 Å². The first kappa shape index (κ1) is 52.7. The molecule has 2 unspecified atom stereocenters. The Labute approximate surface area is 350 Å². The second kappa shape index (κ2) is 26.2. The van der Waals surface area contributed by atoms with Crippen molar-refractivity contribution >= 4 is 23.5 Å². The van der Waals surface area contributed by atoms with E-state index in [2.05, 4.69) is 5.32 Å². The number of aliphatic hydroxyl groups is 12. The molecule has 3 fully saturated rings. The van der Waals surface area contributed by atoms with Crippen molar-refractivity contribution in [2.24, 2.45) is 0 Å². The number of nitrogens with one attached hydrogen (secondary N) is 1. The first-order chi connectivity index (χ1) is 29.0. The Balaban J connectivity index is 1.71. The number of hydrogen-bond donors (Lipinski definition) is 13. The van der Waals surface area contributed by atoms with Crippen LogP contribution in [0.1, 0.15) is 39.0 Å². The van der Waals surface area contributed by atoms with Crippen LogP contribution in [0.25, 0.3) is 0 Å². The zero-order valence-electron chi connectivity index (χ0n) is 33.8. The molecule has 61 heavy (non-hydrogen) atoms. The molecule has 3 saturated heterocycles. The van der Waals surface area contributed by atoms with Crippen LogP contribution < -0.4 is 5.32 Å². The fourth-order valence-electron chi connectivity index (χ4n) is 6.56. The van der Waals surface area contributed by atoms with Crippen LogP contribution in [-0.4, -0.2) is 259 Å². The molecule has 354 valence electrons. The first-order valence-electron chi connectivity index (χ1n) is 20.1. The van der Waals surface area contributed by atoms with E-state index >= 15 is 0 Å². The Morgan fingerprint density at radius 2 is 0.934 bits per heavy atom. The van der Waals surface area contributed by atoms with Gasteiger partial charge in [0, 0.05) is 38.9 Å². The summed E-state index contributed by atoms with van der Waals surface area (Å²) in [5.41, 5.74) is 0. The third-order valence-electron chi connectivity index (χ3n) is 10.4. The summed E-state index contributed by atoms with van der Waals surface area (Å²) in [7, 11) is 0. The van der Waals surface area contributed by atoms with Crippen LogP contribution in [-0.2, 0) is 47.6 Å². The number of ether oxygens (including phenoxy) is 6. The van der Waals surface area contributed by atoms with E-state index in [0.717, 1.165) is 9.80 Å². The molecule has 0 aromatic rings. The molecule has 13 N–H and O–H groups in total. The fourth-order valence-corrected chi connectivity index (χ4v) is 6.56. The molecule has 3 rings (SSSR count). The van der Waals surface area contributed by atoms with Gasteiger partial charge < -0.3 is 105 Å². The number of unbranched alkanes of at least 4 members (excludes halogenated alkanes) is 1. The van der Waals surface area contributed by atoms with Crippen molar-refractivity contribution in [2.75, 3.05) is 72.4 Å². The van der Waals surface area contributed by atoms with E-state index in [1.54, 1.807) is 6.92 Å². The van der Waals surface area contributed by atoms with Crippen molar-refractivity contribution in [3.05, 3.63) is 0 Å². The van der Waals surface area contributed by atoms with Crippen LogP contribution in [0.4, 0.5) is 0 Å². The molecule has 0 aliphatic carbocycles. The maximum atomic E-state index is 13.9. The molecule has 15 atom stereocenters. The molecule has 0 saturated carbocycles. The number of rotatable bonds is 25. The van der Waals surface area contributed by atoms with Crippen molar-refractivity contribution in [1.82, 2.24) is 15.1 Å². The lowest BCUT2D eigenvalue weighted by Gasteiger charge is -2.40. The minimum atomic E-state index is -1.77. The summed E-state index contributed by atoms with van der Waals surface area (Å²) >= 11 is 0. The SMILES string of the molecule is CCC(=O)CCCCC(=O)N(CC(=O)NCCO[C@H]1O[C@H](CO)[C@@H](O)[C@H](O)[C@@H]1O)CC(=O)N(CCOC1O[C@H](CO)[C@@H](O)[C@H](O)[C@@H]1O)CCOC1O[C@H](CO)[C@@H](O)[C@H](O)[C@@H]1O. The van der Waals surface area contributed by atoms with Crippen molar-refractivity contribution in [1.29, 1.82) is 0 Å². The zero-order valence-corrected chi connectivity index (χ0v) is 33.8. The molecule has 0 radical (unpaired) electrons. The number of amides is 3. The summed E-state index contributed by atoms with van der Waals surface area (Å²) in [5, 5.41) is 122. The molecule has 3 amide bonds. The Morgan fingerprint density at radius 3 is 1.34 bits per heavy atom. The highest BCUT2D eigenvalue weighted by molar-refractivity contribution is 5.89. The Hall–Kier alpha value is -2.64.